The molecule has 0 spiro atoms. The molecule has 6 aromatic carbocycles. The van der Waals surface area contributed by atoms with E-state index in [0.717, 1.165) is 43.3 Å². The van der Waals surface area contributed by atoms with E-state index in [4.69, 9.17) is 4.74 Å². The van der Waals surface area contributed by atoms with Gasteiger partial charge in [-0.15, -0.1) is 0 Å². The third kappa shape index (κ3) is 10.4. The number of halogens is 3. The molecule has 0 radical (unpaired) electrons. The molecule has 1 fully saturated rings. The lowest BCUT2D eigenvalue weighted by Crippen LogP contribution is -2.41. The molecule has 9 heterocycles. The molecule has 15 rings (SSSR count). The molecule has 31 nitrogen and oxygen atoms in total. The molecule has 1 saturated heterocycles. The SMILES string of the molecule is CC(c1ccc2c(c1)C(=O)OC2=O)(c1ccc2c(c1)C(=O)OC2=O)C(F)(F)F.O=C1OC(=O)C(=O)OC1=O.O=C1OC(=O)c2cc(Oc3ccc4c(c3)C(=O)OC4=O)ccc21.O=C1OC(=O)c2ccc3c4c(ccc1c24)C(=O)OC3=O.O=c1oc(=O)c2c(=O)oc(=O)c1=2. The minimum absolute atomic E-state index is 0.114. The summed E-state index contributed by atoms with van der Waals surface area (Å²) in [6.45, 7) is 0.876. The summed E-state index contributed by atoms with van der Waals surface area (Å²) in [4.78, 5) is 222. The predicted molar refractivity (Wildman–Crippen MR) is 277 cm³/mol. The molecular formula is C59H19F3O31. The van der Waals surface area contributed by atoms with Crippen molar-refractivity contribution in [3.63, 3.8) is 0 Å². The van der Waals surface area contributed by atoms with Crippen LogP contribution in [0.3, 0.4) is 0 Å². The first-order valence-electron chi connectivity index (χ1n) is 25.2. The first kappa shape index (κ1) is 61.0. The van der Waals surface area contributed by atoms with Crippen molar-refractivity contribution in [3.8, 4) is 11.5 Å². The Morgan fingerprint density at radius 3 is 0.753 bits per heavy atom. The van der Waals surface area contributed by atoms with Crippen molar-refractivity contribution in [2.24, 2.45) is 0 Å². The topological polar surface area (TPSA) is 451 Å². The molecule has 6 aromatic rings. The van der Waals surface area contributed by atoms with Crippen LogP contribution in [0.1, 0.15) is 142 Å². The molecule has 0 saturated carbocycles. The standard InChI is InChI=1S/C19H9F3O6.C16H6O7.C14H4O6.C6O6.C4O6/c1-18(19(20,21)22,8-2-4-10-12(6-8)16(25)27-14(10)23)9-3-5-11-13(7-9)17(26)28-15(11)24;17-13-9-3-1-7(5-11(9)15(19)22-13)21-8-2-4-10-12(6-8)16(20)23-14(10)18;15-11-5-1-2-6-10-8(14(18)20-12(6)16)4-3-7(9(5)10)13(17)19-11;7-3-1-2(5(9)11-3)6(10)12-4(1)8;5-1-2(6)10-4(8)3(7)9-1/h2-7H,1H3;1-6H;1-4H;;. The van der Waals surface area contributed by atoms with Crippen molar-refractivity contribution < 1.29 is 141 Å². The van der Waals surface area contributed by atoms with Gasteiger partial charge in [0.25, 0.3) is 0 Å². The smallest absolute Gasteiger partial charge is 0.426 e. The fourth-order valence-corrected chi connectivity index (χ4v) is 9.53. The predicted octanol–water partition coefficient (Wildman–Crippen LogP) is 2.79. The maximum absolute atomic E-state index is 14.2. The van der Waals surface area contributed by atoms with E-state index in [9.17, 15) is 109 Å². The number of fused-ring (bicyclic) bond motifs is 4. The minimum Gasteiger partial charge on any atom is -0.457 e. The van der Waals surface area contributed by atoms with Crippen LogP contribution in [0.25, 0.3) is 10.8 Å². The Balaban J connectivity index is 0.000000124. The molecule has 462 valence electrons. The van der Waals surface area contributed by atoms with Crippen molar-refractivity contribution in [2.75, 3.05) is 0 Å². The Morgan fingerprint density at radius 1 is 0.269 bits per heavy atom. The summed E-state index contributed by atoms with van der Waals surface area (Å²) in [5.74, 6) is -15.3. The molecule has 0 aromatic heterocycles. The zero-order valence-electron chi connectivity index (χ0n) is 45.0. The van der Waals surface area contributed by atoms with Gasteiger partial charge in [-0.1, -0.05) is 12.1 Å². The fourth-order valence-electron chi connectivity index (χ4n) is 9.53. The first-order chi connectivity index (χ1) is 43.9. The Labute approximate surface area is 503 Å². The Morgan fingerprint density at radius 2 is 0.484 bits per heavy atom. The van der Waals surface area contributed by atoms with E-state index in [1.165, 1.54) is 60.7 Å². The highest BCUT2D eigenvalue weighted by molar-refractivity contribution is 6.46. The maximum atomic E-state index is 14.2. The summed E-state index contributed by atoms with van der Waals surface area (Å²) in [5.41, 5.74) is -7.38. The van der Waals surface area contributed by atoms with Crippen LogP contribution >= 0.6 is 0 Å². The van der Waals surface area contributed by atoms with Gasteiger partial charge in [-0.3, -0.25) is 0 Å². The Bertz CT molecular complexity index is 4820. The number of alkyl halides is 3. The number of carbonyl (C=O) groups is 16. The zero-order chi connectivity index (χ0) is 67.2. The zero-order valence-corrected chi connectivity index (χ0v) is 45.0. The number of cyclic esters (lactones) is 16. The van der Waals surface area contributed by atoms with E-state index in [2.05, 4.69) is 46.7 Å². The molecule has 0 N–H and O–H groups in total. The molecule has 0 bridgehead atoms. The number of carbonyl (C=O) groups excluding carboxylic acids is 16. The third-order valence-corrected chi connectivity index (χ3v) is 14.0. The lowest BCUT2D eigenvalue weighted by Gasteiger charge is -2.33. The third-order valence-electron chi connectivity index (χ3n) is 14.0. The molecule has 34 heteroatoms. The van der Waals surface area contributed by atoms with Gasteiger partial charge in [0, 0.05) is 10.8 Å². The molecular weight excluding hydrogens is 1260 g/mol. The molecule has 9 aliphatic rings. The highest BCUT2D eigenvalue weighted by Gasteiger charge is 2.55. The quantitative estimate of drug-likeness (QED) is 0.106. The van der Waals surface area contributed by atoms with E-state index >= 15 is 0 Å². The lowest BCUT2D eigenvalue weighted by atomic mass is 9.74. The molecule has 0 aliphatic carbocycles. The normalized spacial score (nSPS) is 15.4. The minimum atomic E-state index is -4.84. The fraction of sp³-hybridized carbons (Fsp3) is 0.0508. The van der Waals surface area contributed by atoms with Gasteiger partial charge in [-0.2, -0.15) is 13.2 Å². The average molecular weight is 1280 g/mol. The number of hydrogen-bond donors (Lipinski definition) is 0. The summed E-state index contributed by atoms with van der Waals surface area (Å²) < 4.78 is 90.3. The summed E-state index contributed by atoms with van der Waals surface area (Å²) in [7, 11) is 0. The van der Waals surface area contributed by atoms with Crippen LogP contribution in [0, 0.1) is 10.4 Å². The van der Waals surface area contributed by atoms with Crippen LogP contribution in [0.4, 0.5) is 13.2 Å². The molecule has 9 aliphatic heterocycles. The van der Waals surface area contributed by atoms with Gasteiger partial charge in [-0.05, 0) is 103 Å². The van der Waals surface area contributed by atoms with Crippen molar-refractivity contribution >= 4 is 106 Å². The highest BCUT2D eigenvalue weighted by atomic mass is 19.4. The van der Waals surface area contributed by atoms with E-state index in [-0.39, 0.29) is 100 Å². The van der Waals surface area contributed by atoms with Crippen LogP contribution in [0.2, 0.25) is 0 Å². The van der Waals surface area contributed by atoms with Gasteiger partial charge in [-0.25, -0.2) is 95.9 Å². The van der Waals surface area contributed by atoms with Crippen LogP contribution in [-0.4, -0.2) is 102 Å². The van der Waals surface area contributed by atoms with Crippen LogP contribution in [0.5, 0.6) is 11.5 Å². The molecule has 0 amide bonds. The second-order valence-corrected chi connectivity index (χ2v) is 19.3. The van der Waals surface area contributed by atoms with E-state index in [1.807, 2.05) is 0 Å². The van der Waals surface area contributed by atoms with E-state index < -0.39 is 140 Å². The van der Waals surface area contributed by atoms with Gasteiger partial charge in [0.1, 0.15) is 16.9 Å². The van der Waals surface area contributed by atoms with Crippen molar-refractivity contribution in [2.45, 2.75) is 18.5 Å². The van der Waals surface area contributed by atoms with Crippen LogP contribution in [0.15, 0.2) is 125 Å². The van der Waals surface area contributed by atoms with Gasteiger partial charge in [0.05, 0.1) is 66.8 Å². The van der Waals surface area contributed by atoms with Gasteiger partial charge < -0.3 is 51.5 Å². The highest BCUT2D eigenvalue weighted by Crippen LogP contribution is 2.48. The second-order valence-electron chi connectivity index (χ2n) is 19.3. The summed E-state index contributed by atoms with van der Waals surface area (Å²) in [6.07, 6.45) is -4.84. The van der Waals surface area contributed by atoms with Crippen LogP contribution < -0.4 is 27.2 Å². The molecule has 93 heavy (non-hydrogen) atoms. The number of rotatable bonds is 4. The maximum Gasteiger partial charge on any atom is 0.426 e. The summed E-state index contributed by atoms with van der Waals surface area (Å²) >= 11 is 0. The number of esters is 16. The average Bonchev–Trinajstić information content (AvgIpc) is 1.60. The van der Waals surface area contributed by atoms with Crippen molar-refractivity contribution in [1.29, 1.82) is 0 Å². The summed E-state index contributed by atoms with van der Waals surface area (Å²) in [5, 5.41) is -0.646. The lowest BCUT2D eigenvalue weighted by molar-refractivity contribution is -0.190. The van der Waals surface area contributed by atoms with Gasteiger partial charge in [0.2, 0.25) is 0 Å². The second kappa shape index (κ2) is 22.2. The number of hydrogen-bond acceptors (Lipinski definition) is 31. The Kier molecular flexibility index (Phi) is 14.5. The first-order valence-corrected chi connectivity index (χ1v) is 25.2. The number of ether oxygens (including phenoxy) is 9. The van der Waals surface area contributed by atoms with E-state index in [0.29, 0.717) is 0 Å². The van der Waals surface area contributed by atoms with Gasteiger partial charge in [0.15, 0.2) is 10.4 Å². The monoisotopic (exact) mass is 1280 g/mol. The summed E-state index contributed by atoms with van der Waals surface area (Å²) in [6, 6.07) is 20.3. The largest absolute Gasteiger partial charge is 0.457 e. The Hall–Kier alpha value is -13.7. The van der Waals surface area contributed by atoms with Crippen molar-refractivity contribution in [3.05, 3.63) is 227 Å². The molecule has 0 atom stereocenters. The van der Waals surface area contributed by atoms with Gasteiger partial charge >= 0.3 is 124 Å². The number of benzene rings is 6. The molecule has 0 unspecified atom stereocenters. The van der Waals surface area contributed by atoms with E-state index in [1.54, 1.807) is 0 Å². The van der Waals surface area contributed by atoms with Crippen molar-refractivity contribution in [1.82, 2.24) is 0 Å². The van der Waals surface area contributed by atoms with Crippen LogP contribution in [-0.2, 0) is 62.5 Å².